The molecule has 0 saturated heterocycles. The lowest BCUT2D eigenvalue weighted by Crippen LogP contribution is -2.39. The van der Waals surface area contributed by atoms with Crippen molar-refractivity contribution in [3.05, 3.63) is 59.4 Å². The van der Waals surface area contributed by atoms with Crippen molar-refractivity contribution in [1.29, 1.82) is 0 Å². The summed E-state index contributed by atoms with van der Waals surface area (Å²) < 4.78 is 5.29. The second-order valence-corrected chi connectivity index (χ2v) is 5.54. The topological polar surface area (TPSA) is 42.4 Å². The van der Waals surface area contributed by atoms with Crippen LogP contribution in [0.15, 0.2) is 42.7 Å². The van der Waals surface area contributed by atoms with Crippen molar-refractivity contribution < 1.29 is 9.53 Å². The molecule has 1 aliphatic heterocycles. The van der Waals surface area contributed by atoms with Crippen molar-refractivity contribution in [3.63, 3.8) is 0 Å². The van der Waals surface area contributed by atoms with E-state index in [2.05, 4.69) is 18.0 Å². The Balaban J connectivity index is 0.00000100. The number of anilines is 1. The van der Waals surface area contributed by atoms with E-state index in [0.717, 1.165) is 24.1 Å². The number of carbonyl (C=O) groups is 1. The highest BCUT2D eigenvalue weighted by atomic mass is 16.6. The first-order chi connectivity index (χ1) is 11.7. The predicted octanol–water partition coefficient (Wildman–Crippen LogP) is 5.07. The molecule has 0 N–H and O–H groups in total. The van der Waals surface area contributed by atoms with Gasteiger partial charge in [-0.15, -0.1) is 0 Å². The SMILES string of the molecule is CC.CCOC(=O)N1c2ccc(C)cc2CCC1c1cccnc1. The first-order valence-corrected chi connectivity index (χ1v) is 8.66. The third kappa shape index (κ3) is 3.75. The van der Waals surface area contributed by atoms with E-state index in [4.69, 9.17) is 4.74 Å². The molecule has 0 spiro atoms. The lowest BCUT2D eigenvalue weighted by molar-refractivity contribution is 0.156. The molecule has 4 heteroatoms. The summed E-state index contributed by atoms with van der Waals surface area (Å²) >= 11 is 0. The summed E-state index contributed by atoms with van der Waals surface area (Å²) in [5.74, 6) is 0. The number of pyridine rings is 1. The first kappa shape index (κ1) is 18.0. The van der Waals surface area contributed by atoms with Crippen LogP contribution < -0.4 is 4.90 Å². The molecular weight excluding hydrogens is 300 g/mol. The molecular formula is C20H26N2O2. The lowest BCUT2D eigenvalue weighted by Gasteiger charge is -2.36. The first-order valence-electron chi connectivity index (χ1n) is 8.66. The maximum Gasteiger partial charge on any atom is 0.414 e. The van der Waals surface area contributed by atoms with Gasteiger partial charge in [0.15, 0.2) is 0 Å². The number of carbonyl (C=O) groups excluding carboxylic acids is 1. The van der Waals surface area contributed by atoms with Crippen LogP contribution in [-0.2, 0) is 11.2 Å². The quantitative estimate of drug-likeness (QED) is 0.774. The van der Waals surface area contributed by atoms with Gasteiger partial charge in [-0.05, 0) is 49.9 Å². The second-order valence-electron chi connectivity index (χ2n) is 5.54. The summed E-state index contributed by atoms with van der Waals surface area (Å²) in [6.45, 7) is 8.27. The van der Waals surface area contributed by atoms with Crippen molar-refractivity contribution in [3.8, 4) is 0 Å². The average molecular weight is 326 g/mol. The van der Waals surface area contributed by atoms with Crippen LogP contribution in [0.4, 0.5) is 10.5 Å². The minimum Gasteiger partial charge on any atom is -0.449 e. The lowest BCUT2D eigenvalue weighted by atomic mass is 9.91. The Labute approximate surface area is 144 Å². The standard InChI is InChI=1S/C18H20N2O2.C2H6/c1-3-22-18(21)20-16-8-6-13(2)11-14(16)7-9-17(20)15-5-4-10-19-12-15;1-2/h4-6,8,10-12,17H,3,7,9H2,1-2H3;1-2H3. The molecule has 0 saturated carbocycles. The summed E-state index contributed by atoms with van der Waals surface area (Å²) in [6.07, 6.45) is 5.11. The number of amides is 1. The number of hydrogen-bond acceptors (Lipinski definition) is 3. The van der Waals surface area contributed by atoms with Crippen LogP contribution in [0, 0.1) is 6.92 Å². The minimum absolute atomic E-state index is 0.0250. The molecule has 0 aliphatic carbocycles. The second kappa shape index (κ2) is 8.48. The smallest absolute Gasteiger partial charge is 0.414 e. The van der Waals surface area contributed by atoms with Crippen LogP contribution in [0.25, 0.3) is 0 Å². The molecule has 24 heavy (non-hydrogen) atoms. The van der Waals surface area contributed by atoms with Crippen LogP contribution in [0.1, 0.15) is 49.9 Å². The van der Waals surface area contributed by atoms with Gasteiger partial charge in [0.25, 0.3) is 0 Å². The van der Waals surface area contributed by atoms with E-state index < -0.39 is 0 Å². The van der Waals surface area contributed by atoms with Gasteiger partial charge in [0, 0.05) is 12.4 Å². The molecule has 3 rings (SSSR count). The molecule has 0 bridgehead atoms. The van der Waals surface area contributed by atoms with Gasteiger partial charge >= 0.3 is 6.09 Å². The van der Waals surface area contributed by atoms with Crippen molar-refractivity contribution in [1.82, 2.24) is 4.98 Å². The molecule has 1 aromatic heterocycles. The van der Waals surface area contributed by atoms with Gasteiger partial charge in [-0.25, -0.2) is 4.79 Å². The van der Waals surface area contributed by atoms with E-state index in [1.54, 1.807) is 11.1 Å². The number of benzene rings is 1. The molecule has 2 aromatic rings. The summed E-state index contributed by atoms with van der Waals surface area (Å²) in [7, 11) is 0. The Morgan fingerprint density at radius 1 is 1.33 bits per heavy atom. The zero-order valence-corrected chi connectivity index (χ0v) is 15.0. The largest absolute Gasteiger partial charge is 0.449 e. The van der Waals surface area contributed by atoms with E-state index in [1.807, 2.05) is 51.2 Å². The molecule has 1 atom stereocenters. The van der Waals surface area contributed by atoms with Crippen molar-refractivity contribution in [2.75, 3.05) is 11.5 Å². The Kier molecular flexibility index (Phi) is 6.36. The van der Waals surface area contributed by atoms with Gasteiger partial charge in [-0.2, -0.15) is 0 Å². The monoisotopic (exact) mass is 326 g/mol. The van der Waals surface area contributed by atoms with Crippen LogP contribution in [-0.4, -0.2) is 17.7 Å². The molecule has 1 aliphatic rings. The highest BCUT2D eigenvalue weighted by molar-refractivity contribution is 5.90. The number of aromatic nitrogens is 1. The molecule has 1 aromatic carbocycles. The molecule has 128 valence electrons. The van der Waals surface area contributed by atoms with E-state index >= 15 is 0 Å². The van der Waals surface area contributed by atoms with Crippen molar-refractivity contribution in [2.24, 2.45) is 0 Å². The Morgan fingerprint density at radius 3 is 2.79 bits per heavy atom. The fourth-order valence-corrected chi connectivity index (χ4v) is 3.05. The molecule has 4 nitrogen and oxygen atoms in total. The Morgan fingerprint density at radius 2 is 2.12 bits per heavy atom. The number of nitrogens with zero attached hydrogens (tertiary/aromatic N) is 2. The maximum absolute atomic E-state index is 12.5. The number of rotatable bonds is 2. The van der Waals surface area contributed by atoms with E-state index in [1.165, 1.54) is 11.1 Å². The Hall–Kier alpha value is -2.36. The van der Waals surface area contributed by atoms with Gasteiger partial charge in [0.1, 0.15) is 0 Å². The number of aryl methyl sites for hydroxylation is 2. The van der Waals surface area contributed by atoms with Crippen LogP contribution >= 0.6 is 0 Å². The average Bonchev–Trinajstić information content (AvgIpc) is 2.63. The normalized spacial score (nSPS) is 15.8. The molecule has 0 radical (unpaired) electrons. The molecule has 1 unspecified atom stereocenters. The third-order valence-corrected chi connectivity index (χ3v) is 4.03. The van der Waals surface area contributed by atoms with E-state index in [0.29, 0.717) is 6.61 Å². The summed E-state index contributed by atoms with van der Waals surface area (Å²) in [5.41, 5.74) is 4.40. The number of hydrogen-bond donors (Lipinski definition) is 0. The maximum atomic E-state index is 12.5. The Bertz CT molecular complexity index is 671. The van der Waals surface area contributed by atoms with Gasteiger partial charge in [0.2, 0.25) is 0 Å². The zero-order chi connectivity index (χ0) is 17.5. The van der Waals surface area contributed by atoms with Gasteiger partial charge < -0.3 is 4.74 Å². The van der Waals surface area contributed by atoms with Crippen molar-refractivity contribution in [2.45, 2.75) is 46.6 Å². The van der Waals surface area contributed by atoms with E-state index in [9.17, 15) is 4.79 Å². The van der Waals surface area contributed by atoms with Gasteiger partial charge in [-0.3, -0.25) is 9.88 Å². The fraction of sp³-hybridized carbons (Fsp3) is 0.400. The van der Waals surface area contributed by atoms with Gasteiger partial charge in [-0.1, -0.05) is 37.6 Å². The third-order valence-electron chi connectivity index (χ3n) is 4.03. The van der Waals surface area contributed by atoms with Gasteiger partial charge in [0.05, 0.1) is 18.3 Å². The molecule has 1 amide bonds. The molecule has 0 fully saturated rings. The van der Waals surface area contributed by atoms with E-state index in [-0.39, 0.29) is 12.1 Å². The number of fused-ring (bicyclic) bond motifs is 1. The highest BCUT2D eigenvalue weighted by Crippen LogP contribution is 2.39. The predicted molar refractivity (Wildman–Crippen MR) is 97.3 cm³/mol. The minimum atomic E-state index is -0.291. The summed E-state index contributed by atoms with van der Waals surface area (Å²) in [5, 5.41) is 0. The van der Waals surface area contributed by atoms with Crippen molar-refractivity contribution >= 4 is 11.8 Å². The summed E-state index contributed by atoms with van der Waals surface area (Å²) in [6, 6.07) is 10.1. The van der Waals surface area contributed by atoms with Crippen LogP contribution in [0.3, 0.4) is 0 Å². The van der Waals surface area contributed by atoms with Crippen LogP contribution in [0.5, 0.6) is 0 Å². The summed E-state index contributed by atoms with van der Waals surface area (Å²) in [4.78, 5) is 18.5. The molecule has 2 heterocycles. The number of ether oxygens (including phenoxy) is 1. The highest BCUT2D eigenvalue weighted by Gasteiger charge is 2.33. The zero-order valence-electron chi connectivity index (χ0n) is 15.0. The fourth-order valence-electron chi connectivity index (χ4n) is 3.05. The van der Waals surface area contributed by atoms with Crippen LogP contribution in [0.2, 0.25) is 0 Å².